The van der Waals surface area contributed by atoms with Crippen LogP contribution in [0.15, 0.2) is 24.8 Å². The number of carbonyl (C=O) groups is 1. The molecule has 6 heteroatoms. The second-order valence-electron chi connectivity index (χ2n) is 5.89. The van der Waals surface area contributed by atoms with Gasteiger partial charge in [0.1, 0.15) is 0 Å². The first-order chi connectivity index (χ1) is 10.5. The van der Waals surface area contributed by atoms with Crippen LogP contribution in [0.1, 0.15) is 44.5 Å². The van der Waals surface area contributed by atoms with E-state index in [4.69, 9.17) is 0 Å². The van der Waals surface area contributed by atoms with Crippen molar-refractivity contribution in [2.24, 2.45) is 5.92 Å². The third kappa shape index (κ3) is 3.90. The van der Waals surface area contributed by atoms with E-state index in [1.807, 2.05) is 18.5 Å². The van der Waals surface area contributed by atoms with Crippen LogP contribution in [0.4, 0.5) is 5.69 Å². The first-order valence-electron chi connectivity index (χ1n) is 7.58. The maximum atomic E-state index is 12.3. The number of hydrogen-bond donors (Lipinski definition) is 1. The van der Waals surface area contributed by atoms with Crippen molar-refractivity contribution >= 4 is 11.6 Å². The first kappa shape index (κ1) is 16.1. The Morgan fingerprint density at radius 2 is 2.05 bits per heavy atom. The number of hydrogen-bond acceptors (Lipinski definition) is 4. The number of aromatic nitrogens is 4. The van der Waals surface area contributed by atoms with Gasteiger partial charge < -0.3 is 5.32 Å². The molecule has 2 rings (SSSR count). The van der Waals surface area contributed by atoms with Crippen molar-refractivity contribution in [1.82, 2.24) is 19.7 Å². The minimum atomic E-state index is -0.355. The summed E-state index contributed by atoms with van der Waals surface area (Å²) in [5, 5.41) is 7.27. The van der Waals surface area contributed by atoms with Gasteiger partial charge in [0.05, 0.1) is 29.2 Å². The molecule has 0 aliphatic rings. The summed E-state index contributed by atoms with van der Waals surface area (Å²) in [6.45, 7) is 9.01. The topological polar surface area (TPSA) is 72.7 Å². The molecule has 1 N–H and O–H groups in total. The van der Waals surface area contributed by atoms with Crippen molar-refractivity contribution in [3.8, 4) is 0 Å². The SMILES string of the molecule is Cc1c(NC(=O)C(C)c2cnccn2)cnn1CCC(C)C. The zero-order valence-corrected chi connectivity index (χ0v) is 13.6. The van der Waals surface area contributed by atoms with Gasteiger partial charge >= 0.3 is 0 Å². The maximum absolute atomic E-state index is 12.3. The summed E-state index contributed by atoms with van der Waals surface area (Å²) in [7, 11) is 0. The largest absolute Gasteiger partial charge is 0.323 e. The van der Waals surface area contributed by atoms with E-state index in [-0.39, 0.29) is 11.8 Å². The van der Waals surface area contributed by atoms with Crippen LogP contribution >= 0.6 is 0 Å². The fourth-order valence-corrected chi connectivity index (χ4v) is 2.08. The second kappa shape index (κ2) is 7.15. The van der Waals surface area contributed by atoms with Crippen molar-refractivity contribution in [3.63, 3.8) is 0 Å². The summed E-state index contributed by atoms with van der Waals surface area (Å²) in [5.41, 5.74) is 2.38. The van der Waals surface area contributed by atoms with Gasteiger partial charge in [0.15, 0.2) is 0 Å². The van der Waals surface area contributed by atoms with E-state index in [9.17, 15) is 4.79 Å². The standard InChI is InChI=1S/C16H23N5O/c1-11(2)5-8-21-13(4)15(10-19-21)20-16(22)12(3)14-9-17-6-7-18-14/h6-7,9-12H,5,8H2,1-4H3,(H,20,22). The molecular formula is C16H23N5O. The summed E-state index contributed by atoms with van der Waals surface area (Å²) in [4.78, 5) is 20.5. The molecule has 0 radical (unpaired) electrons. The lowest BCUT2D eigenvalue weighted by atomic mass is 10.1. The maximum Gasteiger partial charge on any atom is 0.233 e. The van der Waals surface area contributed by atoms with Crippen LogP contribution in [0, 0.1) is 12.8 Å². The van der Waals surface area contributed by atoms with Gasteiger partial charge in [-0.3, -0.25) is 19.4 Å². The number of carbonyl (C=O) groups excluding carboxylic acids is 1. The highest BCUT2D eigenvalue weighted by Crippen LogP contribution is 2.18. The fourth-order valence-electron chi connectivity index (χ4n) is 2.08. The quantitative estimate of drug-likeness (QED) is 0.890. The summed E-state index contributed by atoms with van der Waals surface area (Å²) in [5.74, 6) is 0.164. The van der Waals surface area contributed by atoms with Crippen LogP contribution in [0.5, 0.6) is 0 Å². The van der Waals surface area contributed by atoms with E-state index in [1.165, 1.54) is 0 Å². The second-order valence-corrected chi connectivity index (χ2v) is 5.89. The Morgan fingerprint density at radius 1 is 1.27 bits per heavy atom. The average Bonchev–Trinajstić information content (AvgIpc) is 2.86. The normalized spacial score (nSPS) is 12.4. The summed E-state index contributed by atoms with van der Waals surface area (Å²) < 4.78 is 1.93. The number of anilines is 1. The minimum absolute atomic E-state index is 0.105. The highest BCUT2D eigenvalue weighted by Gasteiger charge is 2.18. The van der Waals surface area contributed by atoms with Crippen molar-refractivity contribution < 1.29 is 4.79 Å². The molecule has 0 aliphatic heterocycles. The Kier molecular flexibility index (Phi) is 5.25. The zero-order valence-electron chi connectivity index (χ0n) is 13.6. The van der Waals surface area contributed by atoms with Gasteiger partial charge in [-0.25, -0.2) is 0 Å². The summed E-state index contributed by atoms with van der Waals surface area (Å²) in [6, 6.07) is 0. The van der Waals surface area contributed by atoms with Gasteiger partial charge in [0, 0.05) is 25.1 Å². The molecule has 0 fully saturated rings. The highest BCUT2D eigenvalue weighted by atomic mass is 16.1. The fraction of sp³-hybridized carbons (Fsp3) is 0.500. The molecule has 1 amide bonds. The molecule has 0 saturated carbocycles. The number of nitrogens with zero attached hydrogens (tertiary/aromatic N) is 4. The van der Waals surface area contributed by atoms with Crippen LogP contribution in [0.2, 0.25) is 0 Å². The average molecular weight is 301 g/mol. The minimum Gasteiger partial charge on any atom is -0.323 e. The van der Waals surface area contributed by atoms with Gasteiger partial charge in [-0.05, 0) is 26.2 Å². The van der Waals surface area contributed by atoms with Gasteiger partial charge in [0.25, 0.3) is 0 Å². The Labute approximate surface area is 131 Å². The van der Waals surface area contributed by atoms with Crippen LogP contribution in [0.3, 0.4) is 0 Å². The molecule has 1 unspecified atom stereocenters. The van der Waals surface area contributed by atoms with Crippen LogP contribution < -0.4 is 5.32 Å². The lowest BCUT2D eigenvalue weighted by molar-refractivity contribution is -0.117. The predicted octanol–water partition coefficient (Wildman–Crippen LogP) is 2.77. The van der Waals surface area contributed by atoms with E-state index < -0.39 is 0 Å². The Hall–Kier alpha value is -2.24. The summed E-state index contributed by atoms with van der Waals surface area (Å²) >= 11 is 0. The van der Waals surface area contributed by atoms with Gasteiger partial charge in [-0.15, -0.1) is 0 Å². The van der Waals surface area contributed by atoms with Crippen molar-refractivity contribution in [1.29, 1.82) is 0 Å². The molecule has 2 aromatic rings. The zero-order chi connectivity index (χ0) is 16.1. The van der Waals surface area contributed by atoms with E-state index in [0.717, 1.165) is 24.3 Å². The molecule has 0 aliphatic carbocycles. The van der Waals surface area contributed by atoms with E-state index >= 15 is 0 Å². The third-order valence-corrected chi connectivity index (χ3v) is 3.70. The lowest BCUT2D eigenvalue weighted by Crippen LogP contribution is -2.20. The molecule has 22 heavy (non-hydrogen) atoms. The predicted molar refractivity (Wildman–Crippen MR) is 85.5 cm³/mol. The Bertz CT molecular complexity index is 621. The van der Waals surface area contributed by atoms with Crippen molar-refractivity contribution in [3.05, 3.63) is 36.2 Å². The van der Waals surface area contributed by atoms with Crippen LogP contribution in [-0.2, 0) is 11.3 Å². The van der Waals surface area contributed by atoms with Crippen LogP contribution in [0.25, 0.3) is 0 Å². The van der Waals surface area contributed by atoms with E-state index in [1.54, 1.807) is 24.8 Å². The molecule has 0 aromatic carbocycles. The molecule has 2 heterocycles. The molecule has 1 atom stereocenters. The smallest absolute Gasteiger partial charge is 0.233 e. The Balaban J connectivity index is 2.03. The van der Waals surface area contributed by atoms with Crippen molar-refractivity contribution in [2.45, 2.75) is 46.6 Å². The van der Waals surface area contributed by atoms with Gasteiger partial charge in [-0.2, -0.15) is 5.10 Å². The first-order valence-corrected chi connectivity index (χ1v) is 7.58. The van der Waals surface area contributed by atoms with Gasteiger partial charge in [-0.1, -0.05) is 13.8 Å². The molecule has 6 nitrogen and oxygen atoms in total. The third-order valence-electron chi connectivity index (χ3n) is 3.70. The molecule has 0 saturated heterocycles. The molecule has 2 aromatic heterocycles. The van der Waals surface area contributed by atoms with Crippen molar-refractivity contribution in [2.75, 3.05) is 5.32 Å². The molecule has 0 bridgehead atoms. The highest BCUT2D eigenvalue weighted by molar-refractivity contribution is 5.95. The molecule has 118 valence electrons. The molecule has 0 spiro atoms. The lowest BCUT2D eigenvalue weighted by Gasteiger charge is -2.11. The van der Waals surface area contributed by atoms with Gasteiger partial charge in [0.2, 0.25) is 5.91 Å². The summed E-state index contributed by atoms with van der Waals surface area (Å²) in [6.07, 6.45) is 7.57. The Morgan fingerprint density at radius 3 is 2.68 bits per heavy atom. The number of rotatable bonds is 6. The van der Waals surface area contributed by atoms with Crippen LogP contribution in [-0.4, -0.2) is 25.7 Å². The van der Waals surface area contributed by atoms with E-state index in [0.29, 0.717) is 11.6 Å². The number of nitrogens with one attached hydrogen (secondary N) is 1. The number of aryl methyl sites for hydroxylation is 1. The molecular weight excluding hydrogens is 278 g/mol. The monoisotopic (exact) mass is 301 g/mol. The van der Waals surface area contributed by atoms with E-state index in [2.05, 4.69) is 34.2 Å². The number of amides is 1.